The average molecular weight is 322 g/mol. The number of nitrogens with zero attached hydrogens (tertiary/aromatic N) is 2. The van der Waals surface area contributed by atoms with Crippen LogP contribution in [0.2, 0.25) is 0 Å². The van der Waals surface area contributed by atoms with Crippen LogP contribution in [0.25, 0.3) is 0 Å². The largest absolute Gasteiger partial charge is 0.370 e. The topological polar surface area (TPSA) is 53.0 Å². The minimum atomic E-state index is 0.503. The molecule has 0 aromatic heterocycles. The van der Waals surface area contributed by atoms with E-state index < -0.39 is 0 Å². The van der Waals surface area contributed by atoms with Gasteiger partial charge in [0.1, 0.15) is 0 Å². The Hall–Kier alpha value is -1.05. The van der Waals surface area contributed by atoms with E-state index in [1.54, 1.807) is 0 Å². The lowest BCUT2D eigenvalue weighted by Crippen LogP contribution is -2.43. The zero-order valence-electron chi connectivity index (χ0n) is 11.3. The van der Waals surface area contributed by atoms with Crippen molar-refractivity contribution in [3.8, 4) is 6.07 Å². The van der Waals surface area contributed by atoms with Gasteiger partial charge in [0.25, 0.3) is 0 Å². The van der Waals surface area contributed by atoms with Gasteiger partial charge in [-0.1, -0.05) is 12.8 Å². The smallest absolute Gasteiger partial charge is 0.0992 e. The van der Waals surface area contributed by atoms with Gasteiger partial charge in [0.2, 0.25) is 0 Å². The Morgan fingerprint density at radius 2 is 2.16 bits per heavy atom. The van der Waals surface area contributed by atoms with E-state index in [-0.39, 0.29) is 0 Å². The van der Waals surface area contributed by atoms with Gasteiger partial charge < -0.3 is 10.6 Å². The monoisotopic (exact) mass is 321 g/mol. The van der Waals surface area contributed by atoms with Gasteiger partial charge in [-0.05, 0) is 59.4 Å². The number of hydrogen-bond donors (Lipinski definition) is 1. The van der Waals surface area contributed by atoms with Crippen LogP contribution in [0.3, 0.4) is 0 Å². The first kappa shape index (κ1) is 14.4. The lowest BCUT2D eigenvalue weighted by atomic mass is 9.83. The molecule has 2 rings (SSSR count). The number of hydrogen-bond acceptors (Lipinski definition) is 3. The van der Waals surface area contributed by atoms with Gasteiger partial charge in [0.15, 0.2) is 0 Å². The molecule has 0 radical (unpaired) electrons. The number of halogens is 1. The summed E-state index contributed by atoms with van der Waals surface area (Å²) in [6, 6.07) is 8.44. The maximum Gasteiger partial charge on any atom is 0.0992 e. The minimum absolute atomic E-state index is 0.503. The van der Waals surface area contributed by atoms with Crippen LogP contribution in [0, 0.1) is 17.2 Å². The Balaban J connectivity index is 2.23. The predicted octanol–water partition coefficient (Wildman–Crippen LogP) is 3.27. The summed E-state index contributed by atoms with van der Waals surface area (Å²) in [5, 5.41) is 8.92. The SMILES string of the molecule is CN(c1ccc(C#N)cc1Br)C1CCCCC1CN. The van der Waals surface area contributed by atoms with E-state index in [4.69, 9.17) is 11.0 Å². The number of rotatable bonds is 3. The molecular weight excluding hydrogens is 302 g/mol. The Labute approximate surface area is 123 Å². The predicted molar refractivity (Wildman–Crippen MR) is 82.1 cm³/mol. The van der Waals surface area contributed by atoms with Crippen molar-refractivity contribution in [2.45, 2.75) is 31.7 Å². The van der Waals surface area contributed by atoms with E-state index in [1.807, 2.05) is 18.2 Å². The highest BCUT2D eigenvalue weighted by Crippen LogP contribution is 2.34. The molecule has 0 saturated heterocycles. The van der Waals surface area contributed by atoms with E-state index in [9.17, 15) is 0 Å². The van der Waals surface area contributed by atoms with Gasteiger partial charge in [0.05, 0.1) is 17.3 Å². The van der Waals surface area contributed by atoms with Crippen molar-refractivity contribution in [2.75, 3.05) is 18.5 Å². The molecule has 1 fully saturated rings. The van der Waals surface area contributed by atoms with Crippen LogP contribution in [0.1, 0.15) is 31.2 Å². The van der Waals surface area contributed by atoms with Crippen LogP contribution in [0.15, 0.2) is 22.7 Å². The Morgan fingerprint density at radius 3 is 2.79 bits per heavy atom. The Bertz CT molecular complexity index is 481. The quantitative estimate of drug-likeness (QED) is 0.929. The van der Waals surface area contributed by atoms with Crippen molar-refractivity contribution in [2.24, 2.45) is 11.7 Å². The highest BCUT2D eigenvalue weighted by molar-refractivity contribution is 9.10. The van der Waals surface area contributed by atoms with E-state index in [1.165, 1.54) is 25.7 Å². The summed E-state index contributed by atoms with van der Waals surface area (Å²) in [7, 11) is 2.13. The summed E-state index contributed by atoms with van der Waals surface area (Å²) < 4.78 is 0.982. The standard InChI is InChI=1S/C15H20BrN3/c1-19(14-5-3-2-4-12(14)10-18)15-7-6-11(9-17)8-13(15)16/h6-8,12,14H,2-5,10,18H2,1H3. The van der Waals surface area contributed by atoms with Crippen LogP contribution in [-0.2, 0) is 0 Å². The molecule has 1 saturated carbocycles. The lowest BCUT2D eigenvalue weighted by Gasteiger charge is -2.39. The van der Waals surface area contributed by atoms with E-state index >= 15 is 0 Å². The number of benzene rings is 1. The maximum absolute atomic E-state index is 8.92. The molecule has 19 heavy (non-hydrogen) atoms. The van der Waals surface area contributed by atoms with Gasteiger partial charge in [-0.2, -0.15) is 5.26 Å². The summed E-state index contributed by atoms with van der Waals surface area (Å²) in [5.41, 5.74) is 7.74. The Kier molecular flexibility index (Phi) is 4.84. The van der Waals surface area contributed by atoms with Crippen molar-refractivity contribution in [1.29, 1.82) is 5.26 Å². The first-order valence-electron chi connectivity index (χ1n) is 6.80. The zero-order chi connectivity index (χ0) is 13.8. The van der Waals surface area contributed by atoms with Crippen LogP contribution in [0.5, 0.6) is 0 Å². The fourth-order valence-electron chi connectivity index (χ4n) is 3.01. The summed E-state index contributed by atoms with van der Waals surface area (Å²) in [4.78, 5) is 2.32. The molecule has 3 nitrogen and oxygen atoms in total. The second-order valence-electron chi connectivity index (χ2n) is 5.24. The molecule has 1 aromatic carbocycles. The number of nitriles is 1. The van der Waals surface area contributed by atoms with Crippen LogP contribution >= 0.6 is 15.9 Å². The average Bonchev–Trinajstić information content (AvgIpc) is 2.46. The molecule has 4 heteroatoms. The maximum atomic E-state index is 8.92. The van der Waals surface area contributed by atoms with Gasteiger partial charge >= 0.3 is 0 Å². The second kappa shape index (κ2) is 6.40. The molecule has 2 atom stereocenters. The molecule has 1 aliphatic rings. The van der Waals surface area contributed by atoms with Gasteiger partial charge in [-0.25, -0.2) is 0 Å². The van der Waals surface area contributed by atoms with Gasteiger partial charge in [-0.3, -0.25) is 0 Å². The summed E-state index contributed by atoms with van der Waals surface area (Å²) in [6.45, 7) is 0.753. The molecule has 1 aromatic rings. The summed E-state index contributed by atoms with van der Waals surface area (Å²) >= 11 is 3.57. The van der Waals surface area contributed by atoms with Crippen molar-refractivity contribution in [1.82, 2.24) is 0 Å². The van der Waals surface area contributed by atoms with E-state index in [2.05, 4.69) is 33.9 Å². The highest BCUT2D eigenvalue weighted by atomic mass is 79.9. The molecule has 2 N–H and O–H groups in total. The first-order valence-corrected chi connectivity index (χ1v) is 7.59. The van der Waals surface area contributed by atoms with Crippen LogP contribution in [0.4, 0.5) is 5.69 Å². The lowest BCUT2D eigenvalue weighted by molar-refractivity contribution is 0.306. The third-order valence-electron chi connectivity index (χ3n) is 4.13. The van der Waals surface area contributed by atoms with Gasteiger partial charge in [-0.15, -0.1) is 0 Å². The minimum Gasteiger partial charge on any atom is -0.370 e. The summed E-state index contributed by atoms with van der Waals surface area (Å²) in [6.07, 6.45) is 4.99. The molecular formula is C15H20BrN3. The van der Waals surface area contributed by atoms with Crippen molar-refractivity contribution in [3.05, 3.63) is 28.2 Å². The van der Waals surface area contributed by atoms with Crippen molar-refractivity contribution < 1.29 is 0 Å². The molecule has 0 amide bonds. The molecule has 2 unspecified atom stereocenters. The molecule has 102 valence electrons. The number of anilines is 1. The van der Waals surface area contributed by atoms with Crippen LogP contribution in [-0.4, -0.2) is 19.6 Å². The molecule has 0 aliphatic heterocycles. The Morgan fingerprint density at radius 1 is 1.42 bits per heavy atom. The third-order valence-corrected chi connectivity index (χ3v) is 4.76. The third kappa shape index (κ3) is 3.10. The van der Waals surface area contributed by atoms with Crippen molar-refractivity contribution in [3.63, 3.8) is 0 Å². The summed E-state index contributed by atoms with van der Waals surface area (Å²) in [5.74, 6) is 0.571. The zero-order valence-corrected chi connectivity index (χ0v) is 12.9. The van der Waals surface area contributed by atoms with Gasteiger partial charge in [0, 0.05) is 17.6 Å². The fourth-order valence-corrected chi connectivity index (χ4v) is 3.67. The normalized spacial score (nSPS) is 22.8. The van der Waals surface area contributed by atoms with Crippen molar-refractivity contribution >= 4 is 21.6 Å². The van der Waals surface area contributed by atoms with E-state index in [0.717, 1.165) is 16.7 Å². The number of nitrogens with two attached hydrogens (primary N) is 1. The van der Waals surface area contributed by atoms with Crippen LogP contribution < -0.4 is 10.6 Å². The second-order valence-corrected chi connectivity index (χ2v) is 6.09. The molecule has 0 spiro atoms. The molecule has 0 heterocycles. The highest BCUT2D eigenvalue weighted by Gasteiger charge is 2.28. The fraction of sp³-hybridized carbons (Fsp3) is 0.533. The molecule has 1 aliphatic carbocycles. The molecule has 0 bridgehead atoms. The first-order chi connectivity index (χ1) is 9.17. The van der Waals surface area contributed by atoms with E-state index in [0.29, 0.717) is 17.5 Å².